The summed E-state index contributed by atoms with van der Waals surface area (Å²) in [5, 5.41) is 0. The zero-order valence-corrected chi connectivity index (χ0v) is 21.3. The molecule has 0 bridgehead atoms. The molecule has 2 aliphatic heterocycles. The highest BCUT2D eigenvalue weighted by molar-refractivity contribution is 5.65. The molecule has 6 heteroatoms. The first kappa shape index (κ1) is 23.9. The molecule has 192 valence electrons. The van der Waals surface area contributed by atoms with Crippen LogP contribution >= 0.6 is 0 Å². The Labute approximate surface area is 209 Å². The predicted octanol–water partition coefficient (Wildman–Crippen LogP) is 4.94. The second-order valence-electron chi connectivity index (χ2n) is 12.0. The van der Waals surface area contributed by atoms with Crippen molar-refractivity contribution >= 4 is 5.97 Å². The van der Waals surface area contributed by atoms with Crippen LogP contribution in [0.4, 0.5) is 0 Å². The minimum absolute atomic E-state index is 0.0946. The van der Waals surface area contributed by atoms with Crippen molar-refractivity contribution in [1.29, 1.82) is 0 Å². The highest BCUT2D eigenvalue weighted by Crippen LogP contribution is 2.69. The normalized spacial score (nSPS) is 43.0. The molecule has 6 nitrogen and oxygen atoms in total. The van der Waals surface area contributed by atoms with E-state index in [1.807, 2.05) is 0 Å². The Morgan fingerprint density at radius 1 is 1.09 bits per heavy atom. The number of carbonyl (C=O) groups is 1. The van der Waals surface area contributed by atoms with E-state index in [2.05, 4.69) is 31.4 Å². The number of allylic oxidation sites excluding steroid dienone is 2. The molecular weight excluding hydrogens is 444 g/mol. The molecule has 4 aliphatic carbocycles. The van der Waals surface area contributed by atoms with Gasteiger partial charge in [0.15, 0.2) is 5.79 Å². The molecule has 2 saturated heterocycles. The fourth-order valence-corrected chi connectivity index (χ4v) is 9.23. The lowest BCUT2D eigenvalue weighted by Gasteiger charge is -2.59. The molecule has 1 spiro atoms. The van der Waals surface area contributed by atoms with Crippen molar-refractivity contribution < 1.29 is 28.5 Å². The Morgan fingerprint density at radius 2 is 1.83 bits per heavy atom. The molecule has 0 amide bonds. The molecule has 0 unspecified atom stereocenters. The summed E-state index contributed by atoms with van der Waals surface area (Å²) in [7, 11) is 0. The molecule has 6 aliphatic rings. The van der Waals surface area contributed by atoms with Crippen LogP contribution < -0.4 is 0 Å². The van der Waals surface area contributed by atoms with Crippen molar-refractivity contribution in [2.75, 3.05) is 33.0 Å². The zero-order valence-electron chi connectivity index (χ0n) is 21.3. The van der Waals surface area contributed by atoms with Crippen molar-refractivity contribution in [3.63, 3.8) is 0 Å². The van der Waals surface area contributed by atoms with Gasteiger partial charge in [-0.3, -0.25) is 4.79 Å². The van der Waals surface area contributed by atoms with E-state index < -0.39 is 5.79 Å². The second-order valence-corrected chi connectivity index (χ2v) is 12.0. The molecule has 0 aromatic heterocycles. The number of esters is 1. The first-order chi connectivity index (χ1) is 16.9. The quantitative estimate of drug-likeness (QED) is 0.320. The maximum Gasteiger partial charge on any atom is 0.302 e. The SMILES string of the molecule is C=C=C[C@]12CC[C@H]3[C@@H](CC=C4CC5(CC[C@@]43C)OCCO5)[C@@H]1CC[C@@H]2C1(COC(C)=O)OCCO1. The molecule has 0 radical (unpaired) electrons. The number of hydrogen-bond acceptors (Lipinski definition) is 6. The van der Waals surface area contributed by atoms with Gasteiger partial charge in [-0.15, -0.1) is 5.73 Å². The van der Waals surface area contributed by atoms with Gasteiger partial charge in [-0.25, -0.2) is 0 Å². The number of hydrogen-bond donors (Lipinski definition) is 0. The average molecular weight is 485 g/mol. The van der Waals surface area contributed by atoms with Crippen molar-refractivity contribution in [3.05, 3.63) is 30.0 Å². The fraction of sp³-hybridized carbons (Fsp3) is 0.793. The van der Waals surface area contributed by atoms with Crippen LogP contribution in [0.25, 0.3) is 0 Å². The van der Waals surface area contributed by atoms with Crippen LogP contribution in [-0.4, -0.2) is 50.6 Å². The number of fused-ring (bicyclic) bond motifs is 5. The Kier molecular flexibility index (Phi) is 5.86. The van der Waals surface area contributed by atoms with Crippen molar-refractivity contribution in [2.45, 2.75) is 76.8 Å². The van der Waals surface area contributed by atoms with E-state index in [0.717, 1.165) is 58.2 Å². The maximum absolute atomic E-state index is 11.7. The Balaban J connectivity index is 1.32. The lowest BCUT2D eigenvalue weighted by atomic mass is 9.46. The zero-order chi connectivity index (χ0) is 24.3. The molecule has 35 heavy (non-hydrogen) atoms. The average Bonchev–Trinajstić information content (AvgIpc) is 3.58. The third-order valence-electron chi connectivity index (χ3n) is 10.7. The summed E-state index contributed by atoms with van der Waals surface area (Å²) in [4.78, 5) is 11.7. The molecule has 5 fully saturated rings. The van der Waals surface area contributed by atoms with Gasteiger partial charge in [-0.1, -0.05) is 25.2 Å². The summed E-state index contributed by atoms with van der Waals surface area (Å²) in [5.74, 6) is 0.385. The number of carbonyl (C=O) groups excluding carboxylic acids is 1. The Bertz CT molecular complexity index is 937. The first-order valence-corrected chi connectivity index (χ1v) is 13.6. The molecule has 0 N–H and O–H groups in total. The third kappa shape index (κ3) is 3.55. The van der Waals surface area contributed by atoms with Gasteiger partial charge >= 0.3 is 5.97 Å². The van der Waals surface area contributed by atoms with Gasteiger partial charge in [0.1, 0.15) is 6.61 Å². The van der Waals surface area contributed by atoms with Crippen molar-refractivity contribution in [1.82, 2.24) is 0 Å². The third-order valence-corrected chi connectivity index (χ3v) is 10.7. The summed E-state index contributed by atoms with van der Waals surface area (Å²) < 4.78 is 30.3. The lowest BCUT2D eigenvalue weighted by molar-refractivity contribution is -0.245. The predicted molar refractivity (Wildman–Crippen MR) is 129 cm³/mol. The van der Waals surface area contributed by atoms with Gasteiger partial charge in [0.25, 0.3) is 0 Å². The molecule has 3 saturated carbocycles. The van der Waals surface area contributed by atoms with E-state index >= 15 is 0 Å². The van der Waals surface area contributed by atoms with E-state index in [9.17, 15) is 4.79 Å². The largest absolute Gasteiger partial charge is 0.460 e. The van der Waals surface area contributed by atoms with E-state index in [1.165, 1.54) is 13.3 Å². The monoisotopic (exact) mass is 484 g/mol. The van der Waals surface area contributed by atoms with E-state index in [0.29, 0.717) is 31.0 Å². The van der Waals surface area contributed by atoms with Crippen LogP contribution in [0.5, 0.6) is 0 Å². The molecule has 0 aromatic rings. The topological polar surface area (TPSA) is 63.2 Å². The van der Waals surface area contributed by atoms with Gasteiger partial charge in [0.05, 0.1) is 26.4 Å². The molecule has 0 aromatic carbocycles. The van der Waals surface area contributed by atoms with Crippen LogP contribution in [0.2, 0.25) is 0 Å². The van der Waals surface area contributed by atoms with Gasteiger partial charge in [-0.05, 0) is 67.8 Å². The van der Waals surface area contributed by atoms with E-state index in [1.54, 1.807) is 5.57 Å². The number of rotatable bonds is 4. The second kappa shape index (κ2) is 8.56. The van der Waals surface area contributed by atoms with E-state index in [-0.39, 0.29) is 35.1 Å². The molecule has 6 rings (SSSR count). The van der Waals surface area contributed by atoms with Gasteiger partial charge < -0.3 is 23.7 Å². The van der Waals surface area contributed by atoms with Gasteiger partial charge in [0, 0.05) is 31.1 Å². The minimum atomic E-state index is -0.867. The van der Waals surface area contributed by atoms with Crippen LogP contribution in [-0.2, 0) is 28.5 Å². The minimum Gasteiger partial charge on any atom is -0.460 e. The Morgan fingerprint density at radius 3 is 2.54 bits per heavy atom. The van der Waals surface area contributed by atoms with Crippen molar-refractivity contribution in [2.24, 2.45) is 34.5 Å². The highest BCUT2D eigenvalue weighted by atomic mass is 16.8. The molecule has 2 heterocycles. The summed E-state index contributed by atoms with van der Waals surface area (Å²) in [6.45, 7) is 10.6. The summed E-state index contributed by atoms with van der Waals surface area (Å²) in [5.41, 5.74) is 4.86. The smallest absolute Gasteiger partial charge is 0.302 e. The van der Waals surface area contributed by atoms with Crippen molar-refractivity contribution in [3.8, 4) is 0 Å². The first-order valence-electron chi connectivity index (χ1n) is 13.6. The van der Waals surface area contributed by atoms with E-state index in [4.69, 9.17) is 23.7 Å². The fourth-order valence-electron chi connectivity index (χ4n) is 9.23. The van der Waals surface area contributed by atoms with Crippen LogP contribution in [0.1, 0.15) is 65.2 Å². The molecule has 6 atom stereocenters. The summed E-state index contributed by atoms with van der Waals surface area (Å²) in [6, 6.07) is 0. The standard InChI is InChI=1S/C29H40O6/c1-4-10-27-11-9-23-22(6-5-21-18-28(32-14-15-33-28)13-12-26(21,23)3)24(27)7-8-25(27)29(19-31-20(2)30)34-16-17-35-29/h5,10,22-25H,1,6-9,11-19H2,2-3H3/t22-,23+,24+,25+,26+,27+/m1/s1. The lowest BCUT2D eigenvalue weighted by Crippen LogP contribution is -2.56. The van der Waals surface area contributed by atoms with Crippen LogP contribution in [0.15, 0.2) is 30.0 Å². The van der Waals surface area contributed by atoms with Gasteiger partial charge in [0.2, 0.25) is 5.79 Å². The Hall–Kier alpha value is -1.43. The maximum atomic E-state index is 11.7. The summed E-state index contributed by atoms with van der Waals surface area (Å²) in [6.07, 6.45) is 13.3. The molecular formula is C29H40O6. The van der Waals surface area contributed by atoms with Crippen LogP contribution in [0.3, 0.4) is 0 Å². The highest BCUT2D eigenvalue weighted by Gasteiger charge is 2.66. The summed E-state index contributed by atoms with van der Waals surface area (Å²) >= 11 is 0. The van der Waals surface area contributed by atoms with Gasteiger partial charge in [-0.2, -0.15) is 0 Å². The number of ether oxygens (including phenoxy) is 5. The van der Waals surface area contributed by atoms with Crippen LogP contribution in [0, 0.1) is 34.5 Å².